The number of thioether (sulfide) groups is 1. The van der Waals surface area contributed by atoms with Crippen molar-refractivity contribution >= 4 is 23.4 Å². The minimum Gasteiger partial charge on any atom is -0.322 e. The number of nitrogens with zero attached hydrogens (tertiary/aromatic N) is 1. The molecule has 0 unspecified atom stereocenters. The van der Waals surface area contributed by atoms with Gasteiger partial charge in [-0.15, -0.1) is 0 Å². The number of benzene rings is 2. The summed E-state index contributed by atoms with van der Waals surface area (Å²) in [5, 5.41) is 11.5. The van der Waals surface area contributed by atoms with Gasteiger partial charge in [0.05, 0.1) is 12.5 Å². The zero-order valence-corrected chi connectivity index (χ0v) is 12.6. The molecule has 106 valence electrons. The molecule has 0 spiro atoms. The molecular formula is C17H16N2OS. The smallest absolute Gasteiger partial charge is 0.255 e. The molecule has 0 atom stereocenters. The molecule has 0 aliphatic heterocycles. The van der Waals surface area contributed by atoms with E-state index < -0.39 is 0 Å². The van der Waals surface area contributed by atoms with Gasteiger partial charge in [0.15, 0.2) is 0 Å². The van der Waals surface area contributed by atoms with Gasteiger partial charge in [-0.05, 0) is 41.6 Å². The summed E-state index contributed by atoms with van der Waals surface area (Å²) >= 11 is 1.75. The van der Waals surface area contributed by atoms with Crippen molar-refractivity contribution in [3.8, 4) is 6.07 Å². The Morgan fingerprint density at radius 3 is 2.29 bits per heavy atom. The van der Waals surface area contributed by atoms with Gasteiger partial charge < -0.3 is 5.32 Å². The van der Waals surface area contributed by atoms with Gasteiger partial charge in [0, 0.05) is 17.0 Å². The van der Waals surface area contributed by atoms with E-state index in [1.807, 2.05) is 48.5 Å². The Balaban J connectivity index is 2.02. The number of carbonyl (C=O) groups excluding carboxylic acids is 1. The van der Waals surface area contributed by atoms with Crippen LogP contribution in [0.1, 0.15) is 21.5 Å². The predicted octanol–water partition coefficient (Wildman–Crippen LogP) is 3.87. The van der Waals surface area contributed by atoms with Gasteiger partial charge in [-0.1, -0.05) is 24.3 Å². The zero-order valence-electron chi connectivity index (χ0n) is 11.8. The Kier molecular flexibility index (Phi) is 5.42. The lowest BCUT2D eigenvalue weighted by molar-refractivity contribution is 0.102. The molecule has 0 bridgehead atoms. The third-order valence-electron chi connectivity index (χ3n) is 3.02. The molecule has 1 N–H and O–H groups in total. The standard InChI is InChI=1S/C17H16N2OS/c1-21-12-14-2-6-15(7-3-14)17(20)19-16-8-4-13(5-9-16)10-11-18/h2-9H,10,12H2,1H3,(H,19,20). The summed E-state index contributed by atoms with van der Waals surface area (Å²) in [6, 6.07) is 17.0. The molecule has 0 aromatic heterocycles. The number of hydrogen-bond donors (Lipinski definition) is 1. The Hall–Kier alpha value is -2.25. The normalized spacial score (nSPS) is 9.90. The Morgan fingerprint density at radius 2 is 1.71 bits per heavy atom. The fourth-order valence-corrected chi connectivity index (χ4v) is 2.45. The van der Waals surface area contributed by atoms with Gasteiger partial charge in [-0.2, -0.15) is 17.0 Å². The van der Waals surface area contributed by atoms with E-state index in [0.717, 1.165) is 17.0 Å². The van der Waals surface area contributed by atoms with Crippen molar-refractivity contribution in [2.24, 2.45) is 0 Å². The number of hydrogen-bond acceptors (Lipinski definition) is 3. The van der Waals surface area contributed by atoms with Crippen LogP contribution >= 0.6 is 11.8 Å². The third kappa shape index (κ3) is 4.37. The van der Waals surface area contributed by atoms with Crippen molar-refractivity contribution in [3.05, 3.63) is 65.2 Å². The lowest BCUT2D eigenvalue weighted by Crippen LogP contribution is -2.11. The summed E-state index contributed by atoms with van der Waals surface area (Å²) < 4.78 is 0. The second-order valence-electron chi connectivity index (χ2n) is 4.62. The topological polar surface area (TPSA) is 52.9 Å². The van der Waals surface area contributed by atoms with Crippen LogP contribution in [0.15, 0.2) is 48.5 Å². The molecule has 0 saturated heterocycles. The van der Waals surface area contributed by atoms with Crippen molar-refractivity contribution in [2.45, 2.75) is 12.2 Å². The molecule has 0 heterocycles. The minimum absolute atomic E-state index is 0.126. The molecule has 3 nitrogen and oxygen atoms in total. The number of rotatable bonds is 5. The van der Waals surface area contributed by atoms with Crippen LogP contribution in [0.5, 0.6) is 0 Å². The maximum Gasteiger partial charge on any atom is 0.255 e. The zero-order chi connectivity index (χ0) is 15.1. The van der Waals surface area contributed by atoms with E-state index >= 15 is 0 Å². The average Bonchev–Trinajstić information content (AvgIpc) is 2.50. The van der Waals surface area contributed by atoms with Crippen LogP contribution in [0.2, 0.25) is 0 Å². The first-order chi connectivity index (χ1) is 10.2. The largest absolute Gasteiger partial charge is 0.322 e. The van der Waals surface area contributed by atoms with Gasteiger partial charge in [-0.25, -0.2) is 0 Å². The van der Waals surface area contributed by atoms with Crippen LogP contribution in [-0.4, -0.2) is 12.2 Å². The second kappa shape index (κ2) is 7.51. The highest BCUT2D eigenvalue weighted by Crippen LogP contribution is 2.14. The molecular weight excluding hydrogens is 280 g/mol. The van der Waals surface area contributed by atoms with Gasteiger partial charge in [0.1, 0.15) is 0 Å². The summed E-state index contributed by atoms with van der Waals surface area (Å²) in [6.07, 6.45) is 2.43. The van der Waals surface area contributed by atoms with Crippen LogP contribution in [-0.2, 0) is 12.2 Å². The molecule has 2 aromatic carbocycles. The van der Waals surface area contributed by atoms with Gasteiger partial charge in [0.2, 0.25) is 0 Å². The van der Waals surface area contributed by atoms with E-state index in [-0.39, 0.29) is 5.91 Å². The summed E-state index contributed by atoms with van der Waals surface area (Å²) in [7, 11) is 0. The fourth-order valence-electron chi connectivity index (χ4n) is 1.92. The van der Waals surface area contributed by atoms with E-state index in [1.54, 1.807) is 11.8 Å². The molecule has 0 aliphatic carbocycles. The van der Waals surface area contributed by atoms with Crippen molar-refractivity contribution in [1.82, 2.24) is 0 Å². The van der Waals surface area contributed by atoms with E-state index in [0.29, 0.717) is 12.0 Å². The Labute approximate surface area is 129 Å². The predicted molar refractivity (Wildman–Crippen MR) is 87.4 cm³/mol. The van der Waals surface area contributed by atoms with E-state index in [2.05, 4.69) is 17.6 Å². The number of amides is 1. The van der Waals surface area contributed by atoms with Crippen LogP contribution in [0, 0.1) is 11.3 Å². The minimum atomic E-state index is -0.126. The highest BCUT2D eigenvalue weighted by Gasteiger charge is 2.06. The first-order valence-corrected chi connectivity index (χ1v) is 7.97. The molecule has 21 heavy (non-hydrogen) atoms. The molecule has 0 radical (unpaired) electrons. The molecule has 2 rings (SSSR count). The van der Waals surface area contributed by atoms with E-state index in [4.69, 9.17) is 5.26 Å². The molecule has 4 heteroatoms. The van der Waals surface area contributed by atoms with E-state index in [9.17, 15) is 4.79 Å². The quantitative estimate of drug-likeness (QED) is 0.911. The van der Waals surface area contributed by atoms with Crippen molar-refractivity contribution in [2.75, 3.05) is 11.6 Å². The average molecular weight is 296 g/mol. The molecule has 0 aliphatic rings. The molecule has 2 aromatic rings. The SMILES string of the molecule is CSCc1ccc(C(=O)Nc2ccc(CC#N)cc2)cc1. The maximum atomic E-state index is 12.1. The molecule has 1 amide bonds. The van der Waals surface area contributed by atoms with Gasteiger partial charge >= 0.3 is 0 Å². The number of nitrogens with one attached hydrogen (secondary N) is 1. The van der Waals surface area contributed by atoms with Crippen molar-refractivity contribution in [1.29, 1.82) is 5.26 Å². The van der Waals surface area contributed by atoms with Crippen LogP contribution < -0.4 is 5.32 Å². The van der Waals surface area contributed by atoms with Crippen molar-refractivity contribution in [3.63, 3.8) is 0 Å². The van der Waals surface area contributed by atoms with Gasteiger partial charge in [-0.3, -0.25) is 4.79 Å². The van der Waals surface area contributed by atoms with Crippen molar-refractivity contribution < 1.29 is 4.79 Å². The third-order valence-corrected chi connectivity index (χ3v) is 3.64. The highest BCUT2D eigenvalue weighted by molar-refractivity contribution is 7.97. The summed E-state index contributed by atoms with van der Waals surface area (Å²) in [4.78, 5) is 12.1. The Morgan fingerprint density at radius 1 is 1.10 bits per heavy atom. The second-order valence-corrected chi connectivity index (χ2v) is 5.48. The fraction of sp³-hybridized carbons (Fsp3) is 0.176. The molecule has 0 fully saturated rings. The number of anilines is 1. The highest BCUT2D eigenvalue weighted by atomic mass is 32.2. The number of nitriles is 1. The van der Waals surface area contributed by atoms with Crippen LogP contribution in [0.4, 0.5) is 5.69 Å². The number of carbonyl (C=O) groups is 1. The lowest BCUT2D eigenvalue weighted by Gasteiger charge is -2.06. The lowest BCUT2D eigenvalue weighted by atomic mass is 10.1. The van der Waals surface area contributed by atoms with E-state index in [1.165, 1.54) is 5.56 Å². The summed E-state index contributed by atoms with van der Waals surface area (Å²) in [5.74, 6) is 0.821. The van der Waals surface area contributed by atoms with Gasteiger partial charge in [0.25, 0.3) is 5.91 Å². The Bertz CT molecular complexity index is 642. The van der Waals surface area contributed by atoms with Crippen LogP contribution in [0.3, 0.4) is 0 Å². The first-order valence-electron chi connectivity index (χ1n) is 6.58. The first kappa shape index (κ1) is 15.1. The summed E-state index contributed by atoms with van der Waals surface area (Å²) in [6.45, 7) is 0. The monoisotopic (exact) mass is 296 g/mol. The summed E-state index contributed by atoms with van der Waals surface area (Å²) in [5.41, 5.74) is 3.52. The van der Waals surface area contributed by atoms with Crippen LogP contribution in [0.25, 0.3) is 0 Å². The molecule has 0 saturated carbocycles. The maximum absolute atomic E-state index is 12.1.